The molecule has 4 heteroatoms. The Balaban J connectivity index is 2.03. The fourth-order valence-electron chi connectivity index (χ4n) is 2.81. The SMILES string of the molecule is C[C@@H](NC(=O)C1c2ccccc2-c2ccccc21)C(N)=O. The van der Waals surface area contributed by atoms with Crippen molar-refractivity contribution in [2.45, 2.75) is 18.9 Å². The minimum Gasteiger partial charge on any atom is -0.368 e. The second-order valence-corrected chi connectivity index (χ2v) is 5.24. The first kappa shape index (κ1) is 13.4. The number of fused-ring (bicyclic) bond motifs is 3. The van der Waals surface area contributed by atoms with Crippen molar-refractivity contribution >= 4 is 11.8 Å². The molecule has 0 unspecified atom stereocenters. The summed E-state index contributed by atoms with van der Waals surface area (Å²) in [6.45, 7) is 1.59. The molecular weight excluding hydrogens is 264 g/mol. The van der Waals surface area contributed by atoms with Crippen LogP contribution in [0, 0.1) is 0 Å². The minimum atomic E-state index is -0.683. The molecule has 0 bridgehead atoms. The quantitative estimate of drug-likeness (QED) is 0.899. The molecule has 2 aromatic rings. The van der Waals surface area contributed by atoms with E-state index in [4.69, 9.17) is 5.73 Å². The van der Waals surface area contributed by atoms with Gasteiger partial charge in [0, 0.05) is 0 Å². The van der Waals surface area contributed by atoms with Gasteiger partial charge in [0.25, 0.3) is 0 Å². The summed E-state index contributed by atoms with van der Waals surface area (Å²) >= 11 is 0. The molecule has 21 heavy (non-hydrogen) atoms. The molecule has 0 aromatic heterocycles. The van der Waals surface area contributed by atoms with Crippen LogP contribution >= 0.6 is 0 Å². The maximum atomic E-state index is 12.6. The molecule has 2 aromatic carbocycles. The van der Waals surface area contributed by atoms with Gasteiger partial charge in [0.1, 0.15) is 6.04 Å². The van der Waals surface area contributed by atoms with Crippen molar-refractivity contribution in [3.8, 4) is 11.1 Å². The fourth-order valence-corrected chi connectivity index (χ4v) is 2.81. The second kappa shape index (κ2) is 5.05. The van der Waals surface area contributed by atoms with Gasteiger partial charge in [-0.1, -0.05) is 48.5 Å². The van der Waals surface area contributed by atoms with Crippen molar-refractivity contribution in [3.05, 3.63) is 59.7 Å². The molecule has 0 fully saturated rings. The Morgan fingerprint density at radius 2 is 1.48 bits per heavy atom. The highest BCUT2D eigenvalue weighted by atomic mass is 16.2. The average Bonchev–Trinajstić information content (AvgIpc) is 2.81. The zero-order valence-corrected chi connectivity index (χ0v) is 11.7. The van der Waals surface area contributed by atoms with Crippen molar-refractivity contribution in [2.24, 2.45) is 5.73 Å². The van der Waals surface area contributed by atoms with Gasteiger partial charge in [0.15, 0.2) is 0 Å². The number of rotatable bonds is 3. The summed E-state index contributed by atoms with van der Waals surface area (Å²) in [5, 5.41) is 2.69. The lowest BCUT2D eigenvalue weighted by molar-refractivity contribution is -0.127. The van der Waals surface area contributed by atoms with E-state index in [-0.39, 0.29) is 11.8 Å². The van der Waals surface area contributed by atoms with Crippen LogP contribution in [0.4, 0.5) is 0 Å². The summed E-state index contributed by atoms with van der Waals surface area (Å²) in [5.41, 5.74) is 9.29. The van der Waals surface area contributed by atoms with Crippen molar-refractivity contribution in [1.82, 2.24) is 5.32 Å². The van der Waals surface area contributed by atoms with Crippen molar-refractivity contribution in [3.63, 3.8) is 0 Å². The van der Waals surface area contributed by atoms with E-state index in [1.165, 1.54) is 0 Å². The summed E-state index contributed by atoms with van der Waals surface area (Å²) in [4.78, 5) is 23.7. The Labute approximate surface area is 123 Å². The van der Waals surface area contributed by atoms with Gasteiger partial charge in [-0.05, 0) is 29.2 Å². The minimum absolute atomic E-state index is 0.196. The number of nitrogens with one attached hydrogen (secondary N) is 1. The Hall–Kier alpha value is -2.62. The van der Waals surface area contributed by atoms with Crippen LogP contribution in [0.25, 0.3) is 11.1 Å². The number of hydrogen-bond donors (Lipinski definition) is 2. The van der Waals surface area contributed by atoms with Crippen molar-refractivity contribution < 1.29 is 9.59 Å². The lowest BCUT2D eigenvalue weighted by atomic mass is 9.96. The first-order chi connectivity index (χ1) is 10.1. The molecule has 0 spiro atoms. The van der Waals surface area contributed by atoms with Gasteiger partial charge in [-0.25, -0.2) is 0 Å². The monoisotopic (exact) mass is 280 g/mol. The van der Waals surface area contributed by atoms with E-state index < -0.39 is 11.9 Å². The van der Waals surface area contributed by atoms with Crippen LogP contribution < -0.4 is 11.1 Å². The standard InChI is InChI=1S/C17H16N2O2/c1-10(16(18)20)19-17(21)15-13-8-4-2-6-11(13)12-7-3-5-9-14(12)15/h2-10,15H,1H3,(H2,18,20)(H,19,21)/t10-/m1/s1. The molecule has 3 rings (SSSR count). The molecule has 3 N–H and O–H groups in total. The van der Waals surface area contributed by atoms with E-state index >= 15 is 0 Å². The van der Waals surface area contributed by atoms with Gasteiger partial charge in [-0.2, -0.15) is 0 Å². The molecule has 0 radical (unpaired) electrons. The molecule has 4 nitrogen and oxygen atoms in total. The van der Waals surface area contributed by atoms with E-state index in [0.29, 0.717) is 0 Å². The summed E-state index contributed by atoms with van der Waals surface area (Å²) in [7, 11) is 0. The molecule has 2 amide bonds. The molecule has 1 aliphatic rings. The topological polar surface area (TPSA) is 72.2 Å². The second-order valence-electron chi connectivity index (χ2n) is 5.24. The first-order valence-electron chi connectivity index (χ1n) is 6.87. The molecule has 0 aliphatic heterocycles. The number of benzene rings is 2. The highest BCUT2D eigenvalue weighted by molar-refractivity contribution is 5.98. The Bertz CT molecular complexity index is 679. The van der Waals surface area contributed by atoms with E-state index in [2.05, 4.69) is 5.32 Å². The smallest absolute Gasteiger partial charge is 0.239 e. The van der Waals surface area contributed by atoms with Crippen LogP contribution in [0.15, 0.2) is 48.5 Å². The van der Waals surface area contributed by atoms with E-state index in [0.717, 1.165) is 22.3 Å². The zero-order chi connectivity index (χ0) is 15.0. The third-order valence-electron chi connectivity index (χ3n) is 3.88. The number of hydrogen-bond acceptors (Lipinski definition) is 2. The lowest BCUT2D eigenvalue weighted by Crippen LogP contribution is -2.44. The van der Waals surface area contributed by atoms with Gasteiger partial charge in [-0.15, -0.1) is 0 Å². The highest BCUT2D eigenvalue weighted by Crippen LogP contribution is 2.44. The maximum Gasteiger partial charge on any atom is 0.239 e. The molecule has 106 valence electrons. The predicted molar refractivity (Wildman–Crippen MR) is 80.5 cm³/mol. The number of nitrogens with two attached hydrogens (primary N) is 1. The maximum absolute atomic E-state index is 12.6. The van der Waals surface area contributed by atoms with E-state index in [1.54, 1.807) is 6.92 Å². The summed E-state index contributed by atoms with van der Waals surface area (Å²) in [6.07, 6.45) is 0. The number of carbonyl (C=O) groups is 2. The van der Waals surface area contributed by atoms with E-state index in [9.17, 15) is 9.59 Å². The van der Waals surface area contributed by atoms with Crippen molar-refractivity contribution in [1.29, 1.82) is 0 Å². The zero-order valence-electron chi connectivity index (χ0n) is 11.7. The Kier molecular flexibility index (Phi) is 3.22. The van der Waals surface area contributed by atoms with E-state index in [1.807, 2.05) is 48.5 Å². The average molecular weight is 280 g/mol. The van der Waals surface area contributed by atoms with Gasteiger partial charge in [0.05, 0.1) is 5.92 Å². The molecule has 0 heterocycles. The third kappa shape index (κ3) is 2.18. The van der Waals surface area contributed by atoms with Crippen LogP contribution in [0.5, 0.6) is 0 Å². The van der Waals surface area contributed by atoms with Crippen LogP contribution in [0.2, 0.25) is 0 Å². The predicted octanol–water partition coefficient (Wildman–Crippen LogP) is 1.79. The van der Waals surface area contributed by atoms with Crippen LogP contribution in [-0.2, 0) is 9.59 Å². The summed E-state index contributed by atoms with van der Waals surface area (Å²) in [6, 6.07) is 15.0. The summed E-state index contributed by atoms with van der Waals surface area (Å²) in [5.74, 6) is -1.12. The molecule has 1 atom stereocenters. The Morgan fingerprint density at radius 1 is 1.00 bits per heavy atom. The van der Waals surface area contributed by atoms with Gasteiger partial charge in [-0.3, -0.25) is 9.59 Å². The Morgan fingerprint density at radius 3 is 1.95 bits per heavy atom. The number of carbonyl (C=O) groups excluding carboxylic acids is 2. The number of primary amides is 1. The summed E-state index contributed by atoms with van der Waals surface area (Å²) < 4.78 is 0. The van der Waals surface area contributed by atoms with Gasteiger partial charge in [0.2, 0.25) is 11.8 Å². The van der Waals surface area contributed by atoms with Crippen LogP contribution in [0.1, 0.15) is 24.0 Å². The third-order valence-corrected chi connectivity index (χ3v) is 3.88. The molecule has 0 saturated heterocycles. The molecular formula is C17H16N2O2. The molecule has 1 aliphatic carbocycles. The van der Waals surface area contributed by atoms with Gasteiger partial charge >= 0.3 is 0 Å². The molecule has 0 saturated carbocycles. The van der Waals surface area contributed by atoms with Crippen molar-refractivity contribution in [2.75, 3.05) is 0 Å². The fraction of sp³-hybridized carbons (Fsp3) is 0.176. The van der Waals surface area contributed by atoms with Crippen LogP contribution in [-0.4, -0.2) is 17.9 Å². The highest BCUT2D eigenvalue weighted by Gasteiger charge is 2.34. The van der Waals surface area contributed by atoms with Crippen LogP contribution in [0.3, 0.4) is 0 Å². The normalized spacial score (nSPS) is 14.1. The van der Waals surface area contributed by atoms with Gasteiger partial charge < -0.3 is 11.1 Å². The lowest BCUT2D eigenvalue weighted by Gasteiger charge is -2.16. The first-order valence-corrected chi connectivity index (χ1v) is 6.87. The largest absolute Gasteiger partial charge is 0.368 e. The number of amides is 2.